The molecule has 0 bridgehead atoms. The van der Waals surface area contributed by atoms with Crippen LogP contribution in [0.1, 0.15) is 46.5 Å². The average molecular weight is 408 g/mol. The highest BCUT2D eigenvalue weighted by atomic mass is 19.2. The normalized spacial score (nSPS) is 25.1. The van der Waals surface area contributed by atoms with Crippen LogP contribution in [0.3, 0.4) is 0 Å². The molecular formula is C22H30F2N2O3. The Morgan fingerprint density at radius 1 is 1.28 bits per heavy atom. The zero-order valence-corrected chi connectivity index (χ0v) is 17.5. The molecule has 1 unspecified atom stereocenters. The Balaban J connectivity index is 2.11. The van der Waals surface area contributed by atoms with Gasteiger partial charge in [-0.1, -0.05) is 17.7 Å². The Bertz CT molecular complexity index is 777. The van der Waals surface area contributed by atoms with Gasteiger partial charge in [0, 0.05) is 26.1 Å². The van der Waals surface area contributed by atoms with Crippen LogP contribution in [0.15, 0.2) is 47.3 Å². The van der Waals surface area contributed by atoms with Crippen molar-refractivity contribution >= 4 is 11.6 Å². The van der Waals surface area contributed by atoms with Crippen molar-refractivity contribution in [3.05, 3.63) is 47.3 Å². The third kappa shape index (κ3) is 5.48. The van der Waals surface area contributed by atoms with Crippen LogP contribution in [0.25, 0.3) is 0 Å². The Labute approximate surface area is 171 Å². The number of likely N-dealkylation sites (N-methyl/N-ethyl adjacent to an activating group) is 1. The second-order valence-corrected chi connectivity index (χ2v) is 8.08. The van der Waals surface area contributed by atoms with Crippen LogP contribution >= 0.6 is 0 Å². The molecule has 7 heteroatoms. The number of Topliss-reactive ketones (excluding diaryl/α,β-unsaturated/α-hetero) is 2. The highest BCUT2D eigenvalue weighted by molar-refractivity contribution is 6.24. The second-order valence-electron chi connectivity index (χ2n) is 8.08. The number of hydrogen-bond donors (Lipinski definition) is 1. The van der Waals surface area contributed by atoms with E-state index in [2.05, 4.69) is 0 Å². The fraction of sp³-hybridized carbons (Fsp3) is 0.545. The summed E-state index contributed by atoms with van der Waals surface area (Å²) in [7, 11) is 1.84. The van der Waals surface area contributed by atoms with Crippen molar-refractivity contribution in [3.8, 4) is 0 Å². The number of aliphatic hydroxyl groups excluding tert-OH is 1. The molecule has 0 amide bonds. The molecule has 1 aliphatic heterocycles. The Morgan fingerprint density at radius 3 is 2.48 bits per heavy atom. The lowest BCUT2D eigenvalue weighted by Crippen LogP contribution is -2.56. The predicted molar refractivity (Wildman–Crippen MR) is 108 cm³/mol. The molecule has 2 fully saturated rings. The standard InChI is InChI=1S/C22H30F2N2O3/c1-15(7-5-8-19(24)16(2)23)13-25(4)26-12-6-11-22(26,3)21(29)18(14-27)20(28)17-9-10-17/h5,7-8,14,17,27H,6,9-13H2,1-4H3/b8-5-,15-7+,18-14?,19-16-. The SMILES string of the molecule is C\C(F)=C(F)/C=C\C=C(/C)CN(C)N1CCCC1(C)C(=O)C(=CO)C(=O)C1CC1. The maximum Gasteiger partial charge on any atom is 0.190 e. The molecule has 0 aromatic heterocycles. The fourth-order valence-corrected chi connectivity index (χ4v) is 3.73. The summed E-state index contributed by atoms with van der Waals surface area (Å²) in [6, 6.07) is 0. The Hall–Kier alpha value is -2.12. The molecule has 29 heavy (non-hydrogen) atoms. The lowest BCUT2D eigenvalue weighted by atomic mass is 9.87. The van der Waals surface area contributed by atoms with Crippen molar-refractivity contribution in [2.45, 2.75) is 52.0 Å². The Morgan fingerprint density at radius 2 is 1.93 bits per heavy atom. The molecule has 1 aliphatic carbocycles. The molecular weight excluding hydrogens is 378 g/mol. The van der Waals surface area contributed by atoms with E-state index in [-0.39, 0.29) is 23.1 Å². The van der Waals surface area contributed by atoms with Crippen molar-refractivity contribution in [2.24, 2.45) is 5.92 Å². The number of carbonyl (C=O) groups is 2. The third-order valence-corrected chi connectivity index (χ3v) is 5.52. The van der Waals surface area contributed by atoms with Crippen LogP contribution in [0.4, 0.5) is 8.78 Å². The minimum Gasteiger partial charge on any atom is -0.515 e. The summed E-state index contributed by atoms with van der Waals surface area (Å²) >= 11 is 0. The van der Waals surface area contributed by atoms with Crippen molar-refractivity contribution in [3.63, 3.8) is 0 Å². The monoisotopic (exact) mass is 408 g/mol. The first-order valence-corrected chi connectivity index (χ1v) is 9.89. The highest BCUT2D eigenvalue weighted by Crippen LogP contribution is 2.37. The molecule has 2 aliphatic rings. The van der Waals surface area contributed by atoms with Gasteiger partial charge in [0.05, 0.1) is 17.4 Å². The van der Waals surface area contributed by atoms with Crippen molar-refractivity contribution in [1.82, 2.24) is 10.0 Å². The molecule has 0 radical (unpaired) electrons. The van der Waals surface area contributed by atoms with E-state index in [1.165, 1.54) is 6.08 Å². The summed E-state index contributed by atoms with van der Waals surface area (Å²) in [5.41, 5.74) is -0.138. The molecule has 1 N–H and O–H groups in total. The van der Waals surface area contributed by atoms with E-state index < -0.39 is 17.2 Å². The van der Waals surface area contributed by atoms with Crippen LogP contribution < -0.4 is 0 Å². The number of halogens is 2. The maximum absolute atomic E-state index is 13.2. The molecule has 0 aromatic carbocycles. The molecule has 160 valence electrons. The van der Waals surface area contributed by atoms with Crippen LogP contribution in [0.5, 0.6) is 0 Å². The molecule has 0 spiro atoms. The summed E-state index contributed by atoms with van der Waals surface area (Å²) in [5.74, 6) is -2.55. The smallest absolute Gasteiger partial charge is 0.190 e. The van der Waals surface area contributed by atoms with Gasteiger partial charge in [-0.3, -0.25) is 9.59 Å². The molecule has 0 aromatic rings. The third-order valence-electron chi connectivity index (χ3n) is 5.52. The lowest BCUT2D eigenvalue weighted by molar-refractivity contribution is -0.137. The molecule has 1 saturated heterocycles. The molecule has 2 rings (SSSR count). The predicted octanol–water partition coefficient (Wildman–Crippen LogP) is 4.35. The number of ketones is 2. The van der Waals surface area contributed by atoms with Crippen molar-refractivity contribution < 1.29 is 23.5 Å². The van der Waals surface area contributed by atoms with E-state index in [0.717, 1.165) is 37.8 Å². The summed E-state index contributed by atoms with van der Waals surface area (Å²) in [4.78, 5) is 25.6. The first-order valence-electron chi connectivity index (χ1n) is 9.89. The molecule has 1 saturated carbocycles. The van der Waals surface area contributed by atoms with Gasteiger partial charge in [0.1, 0.15) is 5.83 Å². The maximum atomic E-state index is 13.2. The van der Waals surface area contributed by atoms with E-state index >= 15 is 0 Å². The number of nitrogens with zero attached hydrogens (tertiary/aromatic N) is 2. The number of allylic oxidation sites excluding steroid dienone is 5. The van der Waals surface area contributed by atoms with E-state index in [4.69, 9.17) is 0 Å². The van der Waals surface area contributed by atoms with E-state index in [9.17, 15) is 23.5 Å². The number of aliphatic hydroxyl groups is 1. The quantitative estimate of drug-likeness (QED) is 0.202. The van der Waals surface area contributed by atoms with Crippen molar-refractivity contribution in [2.75, 3.05) is 20.1 Å². The van der Waals surface area contributed by atoms with Gasteiger partial charge >= 0.3 is 0 Å². The summed E-state index contributed by atoms with van der Waals surface area (Å²) in [5, 5.41) is 13.4. The first kappa shape index (κ1) is 23.2. The fourth-order valence-electron chi connectivity index (χ4n) is 3.73. The number of rotatable bonds is 9. The minimum atomic E-state index is -0.913. The number of carbonyl (C=O) groups excluding carboxylic acids is 2. The zero-order valence-electron chi connectivity index (χ0n) is 17.5. The summed E-state index contributed by atoms with van der Waals surface area (Å²) in [6.07, 6.45) is 7.75. The van der Waals surface area contributed by atoms with Gasteiger partial charge in [0.2, 0.25) is 0 Å². The Kier molecular flexibility index (Phi) is 7.66. The lowest BCUT2D eigenvalue weighted by Gasteiger charge is -2.40. The van der Waals surface area contributed by atoms with Crippen molar-refractivity contribution in [1.29, 1.82) is 0 Å². The van der Waals surface area contributed by atoms with Gasteiger partial charge in [-0.15, -0.1) is 0 Å². The summed E-state index contributed by atoms with van der Waals surface area (Å²) in [6.45, 7) is 5.83. The average Bonchev–Trinajstić information content (AvgIpc) is 3.43. The van der Waals surface area contributed by atoms with Gasteiger partial charge in [-0.25, -0.2) is 18.8 Å². The van der Waals surface area contributed by atoms with Gasteiger partial charge in [-0.05, 0) is 52.5 Å². The molecule has 5 nitrogen and oxygen atoms in total. The minimum absolute atomic E-state index is 0.116. The van der Waals surface area contributed by atoms with E-state index in [1.807, 2.05) is 24.0 Å². The largest absolute Gasteiger partial charge is 0.515 e. The van der Waals surface area contributed by atoms with Crippen LogP contribution in [0, 0.1) is 5.92 Å². The number of hydrogen-bond acceptors (Lipinski definition) is 5. The topological polar surface area (TPSA) is 60.9 Å². The van der Waals surface area contributed by atoms with Gasteiger partial charge in [0.15, 0.2) is 17.4 Å². The van der Waals surface area contributed by atoms with Gasteiger partial charge in [-0.2, -0.15) is 0 Å². The van der Waals surface area contributed by atoms with Gasteiger partial charge in [0.25, 0.3) is 0 Å². The van der Waals surface area contributed by atoms with Crippen LogP contribution in [0.2, 0.25) is 0 Å². The molecule has 1 atom stereocenters. The van der Waals surface area contributed by atoms with E-state index in [1.54, 1.807) is 13.0 Å². The first-order chi connectivity index (χ1) is 13.6. The highest BCUT2D eigenvalue weighted by Gasteiger charge is 2.48. The van der Waals surface area contributed by atoms with Crippen LogP contribution in [-0.2, 0) is 9.59 Å². The number of hydrazine groups is 1. The zero-order chi connectivity index (χ0) is 21.8. The summed E-state index contributed by atoms with van der Waals surface area (Å²) < 4.78 is 25.9. The second kappa shape index (κ2) is 9.59. The van der Waals surface area contributed by atoms with Gasteiger partial charge < -0.3 is 5.11 Å². The molecule has 1 heterocycles. The van der Waals surface area contributed by atoms with Crippen LogP contribution in [-0.4, -0.2) is 52.4 Å². The van der Waals surface area contributed by atoms with E-state index in [0.29, 0.717) is 25.8 Å².